The van der Waals surface area contributed by atoms with Gasteiger partial charge in [0.1, 0.15) is 11.6 Å². The molecule has 1 aromatic carbocycles. The summed E-state index contributed by atoms with van der Waals surface area (Å²) in [7, 11) is 0. The summed E-state index contributed by atoms with van der Waals surface area (Å²) in [6, 6.07) is 3.93. The molecule has 1 aliphatic rings. The Kier molecular flexibility index (Phi) is 4.93. The number of amides is 1. The van der Waals surface area contributed by atoms with Crippen molar-refractivity contribution in [3.63, 3.8) is 0 Å². The van der Waals surface area contributed by atoms with E-state index in [0.717, 1.165) is 41.1 Å². The molecule has 0 saturated heterocycles. The van der Waals surface area contributed by atoms with Gasteiger partial charge in [-0.05, 0) is 50.8 Å². The predicted octanol–water partition coefficient (Wildman–Crippen LogP) is 2.50. The number of aromatic nitrogens is 4. The zero-order valence-corrected chi connectivity index (χ0v) is 16.6. The Bertz CT molecular complexity index is 1010. The summed E-state index contributed by atoms with van der Waals surface area (Å²) in [4.78, 5) is 24.6. The fourth-order valence-corrected chi connectivity index (χ4v) is 4.31. The average molecular weight is 381 g/mol. The molecule has 1 fully saturated rings. The Morgan fingerprint density at radius 2 is 2.14 bits per heavy atom. The highest BCUT2D eigenvalue weighted by atomic mass is 16.3. The van der Waals surface area contributed by atoms with Crippen molar-refractivity contribution in [2.24, 2.45) is 0 Å². The van der Waals surface area contributed by atoms with E-state index in [2.05, 4.69) is 39.3 Å². The number of hydrogen-bond donors (Lipinski definition) is 3. The summed E-state index contributed by atoms with van der Waals surface area (Å²) in [5.41, 5.74) is 4.30. The van der Waals surface area contributed by atoms with Crippen LogP contribution >= 0.6 is 0 Å². The number of aromatic amines is 1. The Balaban J connectivity index is 1.35. The van der Waals surface area contributed by atoms with Gasteiger partial charge in [-0.15, -0.1) is 0 Å². The van der Waals surface area contributed by atoms with Gasteiger partial charge in [0.05, 0.1) is 29.2 Å². The minimum atomic E-state index is -0.603. The van der Waals surface area contributed by atoms with Crippen LogP contribution in [0, 0.1) is 20.8 Å². The van der Waals surface area contributed by atoms with Gasteiger partial charge in [0.15, 0.2) is 0 Å². The van der Waals surface area contributed by atoms with Crippen molar-refractivity contribution < 1.29 is 9.90 Å². The third kappa shape index (κ3) is 3.54. The third-order valence-corrected chi connectivity index (χ3v) is 5.71. The first-order chi connectivity index (χ1) is 13.4. The van der Waals surface area contributed by atoms with E-state index >= 15 is 0 Å². The second kappa shape index (κ2) is 7.39. The molecule has 4 rings (SSSR count). The zero-order chi connectivity index (χ0) is 19.8. The Morgan fingerprint density at radius 1 is 1.32 bits per heavy atom. The van der Waals surface area contributed by atoms with Crippen molar-refractivity contribution in [2.45, 2.75) is 64.6 Å². The van der Waals surface area contributed by atoms with Crippen LogP contribution in [0.15, 0.2) is 24.5 Å². The van der Waals surface area contributed by atoms with Crippen molar-refractivity contribution in [3.05, 3.63) is 47.3 Å². The topological polar surface area (TPSA) is 95.8 Å². The molecule has 1 saturated carbocycles. The molecular weight excluding hydrogens is 354 g/mol. The van der Waals surface area contributed by atoms with Crippen molar-refractivity contribution in [2.75, 3.05) is 0 Å². The van der Waals surface area contributed by atoms with Crippen LogP contribution in [0.4, 0.5) is 0 Å². The lowest BCUT2D eigenvalue weighted by Crippen LogP contribution is -2.42. The first-order valence-corrected chi connectivity index (χ1v) is 9.85. The lowest BCUT2D eigenvalue weighted by atomic mass is 10.1. The molecule has 3 N–H and O–H groups in total. The molecule has 3 atom stereocenters. The highest BCUT2D eigenvalue weighted by Crippen LogP contribution is 2.31. The summed E-state index contributed by atoms with van der Waals surface area (Å²) in [6.07, 6.45) is 5.50. The number of aliphatic hydroxyl groups is 1. The summed E-state index contributed by atoms with van der Waals surface area (Å²) in [6.45, 7) is 6.04. The summed E-state index contributed by atoms with van der Waals surface area (Å²) in [5.74, 6) is 1.64. The largest absolute Gasteiger partial charge is 0.389 e. The number of hydrogen-bond acceptors (Lipinski definition) is 4. The fourth-order valence-electron chi connectivity index (χ4n) is 4.31. The molecule has 2 heterocycles. The van der Waals surface area contributed by atoms with Crippen LogP contribution in [0.1, 0.15) is 48.1 Å². The normalized spacial score (nSPS) is 22.1. The van der Waals surface area contributed by atoms with E-state index in [4.69, 9.17) is 0 Å². The molecule has 7 heteroatoms. The second-order valence-electron chi connectivity index (χ2n) is 7.85. The molecule has 28 heavy (non-hydrogen) atoms. The number of nitrogens with zero attached hydrogens (tertiary/aromatic N) is 3. The van der Waals surface area contributed by atoms with Crippen LogP contribution in [-0.4, -0.2) is 42.7 Å². The number of nitrogens with one attached hydrogen (secondary N) is 2. The quantitative estimate of drug-likeness (QED) is 0.633. The minimum absolute atomic E-state index is 0.0330. The number of carbonyl (C=O) groups is 1. The number of rotatable bonds is 5. The molecule has 0 unspecified atom stereocenters. The van der Waals surface area contributed by atoms with Gasteiger partial charge >= 0.3 is 0 Å². The summed E-state index contributed by atoms with van der Waals surface area (Å²) >= 11 is 0. The van der Waals surface area contributed by atoms with E-state index in [0.29, 0.717) is 12.8 Å². The van der Waals surface area contributed by atoms with Gasteiger partial charge in [0, 0.05) is 25.2 Å². The molecule has 1 amide bonds. The smallest absolute Gasteiger partial charge is 0.220 e. The van der Waals surface area contributed by atoms with E-state index in [-0.39, 0.29) is 18.0 Å². The maximum absolute atomic E-state index is 12.4. The zero-order valence-electron chi connectivity index (χ0n) is 16.6. The summed E-state index contributed by atoms with van der Waals surface area (Å²) < 4.78 is 2.00. The minimum Gasteiger partial charge on any atom is -0.389 e. The highest BCUT2D eigenvalue weighted by molar-refractivity contribution is 5.80. The molecule has 0 radical (unpaired) electrons. The predicted molar refractivity (Wildman–Crippen MR) is 107 cm³/mol. The Hall–Kier alpha value is -2.67. The number of carbonyl (C=O) groups excluding carboxylic acids is 1. The molecule has 7 nitrogen and oxygen atoms in total. The SMILES string of the molecule is Cc1cc(C)c2nc(CCC(=O)N[C@@H]3CC[C@@H](n4ccnc4C)[C@@H]3O)[nH]c2c1. The number of aliphatic hydroxyl groups excluding tert-OH is 1. The van der Waals surface area contributed by atoms with E-state index in [1.807, 2.05) is 24.6 Å². The highest BCUT2D eigenvalue weighted by Gasteiger charge is 2.37. The number of fused-ring (bicyclic) bond motifs is 1. The third-order valence-electron chi connectivity index (χ3n) is 5.71. The van der Waals surface area contributed by atoms with Crippen LogP contribution < -0.4 is 5.32 Å². The molecule has 2 aromatic heterocycles. The molecule has 1 aliphatic carbocycles. The monoisotopic (exact) mass is 381 g/mol. The summed E-state index contributed by atoms with van der Waals surface area (Å²) in [5, 5.41) is 13.6. The van der Waals surface area contributed by atoms with Gasteiger partial charge in [-0.3, -0.25) is 4.79 Å². The van der Waals surface area contributed by atoms with E-state index in [1.165, 1.54) is 5.56 Å². The maximum Gasteiger partial charge on any atom is 0.220 e. The molecule has 0 bridgehead atoms. The second-order valence-corrected chi connectivity index (χ2v) is 7.85. The van der Waals surface area contributed by atoms with Crippen LogP contribution in [0.2, 0.25) is 0 Å². The van der Waals surface area contributed by atoms with Gasteiger partial charge in [-0.1, -0.05) is 6.07 Å². The van der Waals surface area contributed by atoms with Gasteiger partial charge in [-0.2, -0.15) is 0 Å². The number of benzene rings is 1. The first kappa shape index (κ1) is 18.7. The van der Waals surface area contributed by atoms with Gasteiger partial charge in [-0.25, -0.2) is 9.97 Å². The van der Waals surface area contributed by atoms with Crippen LogP contribution in [0.5, 0.6) is 0 Å². The van der Waals surface area contributed by atoms with E-state index < -0.39 is 6.10 Å². The first-order valence-electron chi connectivity index (χ1n) is 9.85. The van der Waals surface area contributed by atoms with Crippen LogP contribution in [0.25, 0.3) is 11.0 Å². The Labute approximate surface area is 164 Å². The molecule has 3 aromatic rings. The lowest BCUT2D eigenvalue weighted by molar-refractivity contribution is -0.122. The van der Waals surface area contributed by atoms with Crippen molar-refractivity contribution in [1.29, 1.82) is 0 Å². The molecular formula is C21H27N5O2. The van der Waals surface area contributed by atoms with Gasteiger partial charge in [0.25, 0.3) is 0 Å². The van der Waals surface area contributed by atoms with Crippen LogP contribution in [0.3, 0.4) is 0 Å². The number of H-pyrrole nitrogens is 1. The van der Waals surface area contributed by atoms with E-state index in [1.54, 1.807) is 6.20 Å². The lowest BCUT2D eigenvalue weighted by Gasteiger charge is -2.22. The molecule has 0 aliphatic heterocycles. The van der Waals surface area contributed by atoms with Crippen molar-refractivity contribution in [1.82, 2.24) is 24.8 Å². The number of aryl methyl sites for hydroxylation is 4. The molecule has 148 valence electrons. The Morgan fingerprint density at radius 3 is 2.89 bits per heavy atom. The fraction of sp³-hybridized carbons (Fsp3) is 0.476. The molecule has 0 spiro atoms. The maximum atomic E-state index is 12.4. The average Bonchev–Trinajstić information content (AvgIpc) is 3.33. The van der Waals surface area contributed by atoms with Gasteiger partial charge in [0.2, 0.25) is 5.91 Å². The van der Waals surface area contributed by atoms with Gasteiger partial charge < -0.3 is 20.0 Å². The van der Waals surface area contributed by atoms with Crippen molar-refractivity contribution >= 4 is 16.9 Å². The van der Waals surface area contributed by atoms with E-state index in [9.17, 15) is 9.90 Å². The number of imidazole rings is 2. The van der Waals surface area contributed by atoms with Crippen LogP contribution in [-0.2, 0) is 11.2 Å². The standard InChI is InChI=1S/C21H27N5O2/c1-12-10-13(2)20-16(11-12)23-18(25-20)6-7-19(27)24-15-4-5-17(21(15)28)26-9-8-22-14(26)3/h8-11,15,17,21,28H,4-7H2,1-3H3,(H,23,25)(H,24,27)/t15-,17-,21-/m1/s1. The van der Waals surface area contributed by atoms with Crippen molar-refractivity contribution in [3.8, 4) is 0 Å².